The zero-order chi connectivity index (χ0) is 13.8. The summed E-state index contributed by atoms with van der Waals surface area (Å²) in [4.78, 5) is 11.4. The highest BCUT2D eigenvalue weighted by atomic mass is 32.2. The maximum atomic E-state index is 11.9. The van der Waals surface area contributed by atoms with Gasteiger partial charge in [-0.25, -0.2) is 13.2 Å². The van der Waals surface area contributed by atoms with Crippen molar-refractivity contribution >= 4 is 21.6 Å². The molecule has 1 aromatic carbocycles. The Labute approximate surface area is 107 Å². The van der Waals surface area contributed by atoms with Crippen molar-refractivity contribution in [3.63, 3.8) is 0 Å². The molecule has 0 heterocycles. The molecule has 0 aliphatic heterocycles. The first-order valence-corrected chi connectivity index (χ1v) is 7.20. The number of carbonyl (C=O) groups excluding carboxylic acids is 1. The molecule has 1 aromatic rings. The lowest BCUT2D eigenvalue weighted by molar-refractivity contribution is 0.168. The Hall–Kier alpha value is -1.56. The standard InChI is InChI=1S/C12H17NO4S/c1-4-17-12(14)13-10-5-7-11(8-6-10)18(15,16)9(2)3/h5-9H,4H2,1-3H3,(H,13,14). The van der Waals surface area contributed by atoms with Crippen LogP contribution in [0.1, 0.15) is 20.8 Å². The Kier molecular flexibility index (Phi) is 4.72. The van der Waals surface area contributed by atoms with Crippen molar-refractivity contribution in [1.29, 1.82) is 0 Å². The van der Waals surface area contributed by atoms with Crippen molar-refractivity contribution in [2.45, 2.75) is 30.9 Å². The van der Waals surface area contributed by atoms with Crippen LogP contribution in [0.15, 0.2) is 29.2 Å². The molecule has 18 heavy (non-hydrogen) atoms. The van der Waals surface area contributed by atoms with E-state index < -0.39 is 21.2 Å². The van der Waals surface area contributed by atoms with Crippen molar-refractivity contribution < 1.29 is 17.9 Å². The molecule has 0 saturated carbocycles. The van der Waals surface area contributed by atoms with E-state index in [2.05, 4.69) is 5.32 Å². The molecular formula is C12H17NO4S. The van der Waals surface area contributed by atoms with Crippen LogP contribution in [0.5, 0.6) is 0 Å². The van der Waals surface area contributed by atoms with E-state index in [9.17, 15) is 13.2 Å². The number of anilines is 1. The smallest absolute Gasteiger partial charge is 0.411 e. The lowest BCUT2D eigenvalue weighted by Gasteiger charge is -2.09. The summed E-state index contributed by atoms with van der Waals surface area (Å²) in [5.74, 6) is 0. The molecule has 0 atom stereocenters. The summed E-state index contributed by atoms with van der Waals surface area (Å²) in [6.45, 7) is 5.24. The normalized spacial score (nSPS) is 11.3. The summed E-state index contributed by atoms with van der Waals surface area (Å²) in [6.07, 6.45) is -0.558. The molecule has 0 radical (unpaired) electrons. The van der Waals surface area contributed by atoms with Gasteiger partial charge in [0.15, 0.2) is 9.84 Å². The van der Waals surface area contributed by atoms with Crippen LogP contribution in [0.25, 0.3) is 0 Å². The van der Waals surface area contributed by atoms with Gasteiger partial charge < -0.3 is 4.74 Å². The number of benzene rings is 1. The second kappa shape index (κ2) is 5.86. The molecule has 0 saturated heterocycles. The van der Waals surface area contributed by atoms with Crippen LogP contribution < -0.4 is 5.32 Å². The van der Waals surface area contributed by atoms with E-state index in [0.29, 0.717) is 5.69 Å². The number of rotatable bonds is 4. The molecule has 1 rings (SSSR count). The summed E-state index contributed by atoms with van der Waals surface area (Å²) in [6, 6.07) is 6.01. The topological polar surface area (TPSA) is 72.5 Å². The number of amides is 1. The first-order chi connectivity index (χ1) is 8.37. The van der Waals surface area contributed by atoms with Crippen molar-refractivity contribution in [1.82, 2.24) is 0 Å². The van der Waals surface area contributed by atoms with Gasteiger partial charge in [-0.3, -0.25) is 5.32 Å². The van der Waals surface area contributed by atoms with Crippen LogP contribution in [0.2, 0.25) is 0 Å². The maximum Gasteiger partial charge on any atom is 0.411 e. The molecule has 0 spiro atoms. The minimum absolute atomic E-state index is 0.243. The van der Waals surface area contributed by atoms with Crippen LogP contribution >= 0.6 is 0 Å². The molecule has 0 bridgehead atoms. The highest BCUT2D eigenvalue weighted by Gasteiger charge is 2.18. The third-order valence-corrected chi connectivity index (χ3v) is 4.50. The minimum Gasteiger partial charge on any atom is -0.450 e. The average molecular weight is 271 g/mol. The van der Waals surface area contributed by atoms with Crippen LogP contribution in [-0.2, 0) is 14.6 Å². The van der Waals surface area contributed by atoms with E-state index in [0.717, 1.165) is 0 Å². The fourth-order valence-corrected chi connectivity index (χ4v) is 2.34. The second-order valence-electron chi connectivity index (χ2n) is 3.96. The predicted octanol–water partition coefficient (Wildman–Crippen LogP) is 2.44. The van der Waals surface area contributed by atoms with Crippen LogP contribution in [0.4, 0.5) is 10.5 Å². The Morgan fingerprint density at radius 3 is 2.28 bits per heavy atom. The fourth-order valence-electron chi connectivity index (χ4n) is 1.29. The van der Waals surface area contributed by atoms with E-state index >= 15 is 0 Å². The number of nitrogens with one attached hydrogen (secondary N) is 1. The predicted molar refractivity (Wildman–Crippen MR) is 69.4 cm³/mol. The number of sulfone groups is 1. The van der Waals surface area contributed by atoms with Gasteiger partial charge in [0.25, 0.3) is 0 Å². The molecule has 1 N–H and O–H groups in total. The maximum absolute atomic E-state index is 11.9. The summed E-state index contributed by atoms with van der Waals surface area (Å²) < 4.78 is 28.4. The molecule has 100 valence electrons. The Bertz CT molecular complexity index is 505. The van der Waals surface area contributed by atoms with E-state index in [-0.39, 0.29) is 11.5 Å². The van der Waals surface area contributed by atoms with Crippen LogP contribution in [0, 0.1) is 0 Å². The monoisotopic (exact) mass is 271 g/mol. The lowest BCUT2D eigenvalue weighted by atomic mass is 10.3. The van der Waals surface area contributed by atoms with Gasteiger partial charge in [-0.05, 0) is 45.0 Å². The Morgan fingerprint density at radius 1 is 1.28 bits per heavy atom. The number of carbonyl (C=O) groups is 1. The summed E-state index contributed by atoms with van der Waals surface area (Å²) >= 11 is 0. The largest absolute Gasteiger partial charge is 0.450 e. The van der Waals surface area contributed by atoms with Gasteiger partial charge in [0.1, 0.15) is 0 Å². The van der Waals surface area contributed by atoms with Crippen molar-refractivity contribution in [3.05, 3.63) is 24.3 Å². The van der Waals surface area contributed by atoms with Gasteiger partial charge in [-0.1, -0.05) is 0 Å². The molecule has 0 aliphatic carbocycles. The van der Waals surface area contributed by atoms with E-state index in [4.69, 9.17) is 4.74 Å². The van der Waals surface area contributed by atoms with E-state index in [1.54, 1.807) is 20.8 Å². The van der Waals surface area contributed by atoms with Crippen molar-refractivity contribution in [2.24, 2.45) is 0 Å². The molecule has 5 nitrogen and oxygen atoms in total. The van der Waals surface area contributed by atoms with E-state index in [1.807, 2.05) is 0 Å². The van der Waals surface area contributed by atoms with Gasteiger partial charge >= 0.3 is 6.09 Å². The van der Waals surface area contributed by atoms with Gasteiger partial charge in [-0.15, -0.1) is 0 Å². The van der Waals surface area contributed by atoms with Crippen molar-refractivity contribution in [3.8, 4) is 0 Å². The molecule has 1 amide bonds. The fraction of sp³-hybridized carbons (Fsp3) is 0.417. The molecule has 0 unspecified atom stereocenters. The summed E-state index contributed by atoms with van der Waals surface area (Å²) in [7, 11) is -3.28. The first kappa shape index (κ1) is 14.5. The summed E-state index contributed by atoms with van der Waals surface area (Å²) in [5.41, 5.74) is 0.496. The van der Waals surface area contributed by atoms with Crippen LogP contribution in [-0.4, -0.2) is 26.4 Å². The molecular weight excluding hydrogens is 254 g/mol. The zero-order valence-electron chi connectivity index (χ0n) is 10.6. The molecule has 0 aromatic heterocycles. The van der Waals surface area contributed by atoms with Crippen LogP contribution in [0.3, 0.4) is 0 Å². The third-order valence-electron chi connectivity index (χ3n) is 2.33. The number of hydrogen-bond acceptors (Lipinski definition) is 4. The van der Waals surface area contributed by atoms with E-state index in [1.165, 1.54) is 24.3 Å². The van der Waals surface area contributed by atoms with Gasteiger partial charge in [0, 0.05) is 5.69 Å². The lowest BCUT2D eigenvalue weighted by Crippen LogP contribution is -2.15. The summed E-state index contributed by atoms with van der Waals surface area (Å²) in [5, 5.41) is 2.02. The first-order valence-electron chi connectivity index (χ1n) is 5.65. The van der Waals surface area contributed by atoms with Gasteiger partial charge in [-0.2, -0.15) is 0 Å². The highest BCUT2D eigenvalue weighted by molar-refractivity contribution is 7.92. The van der Waals surface area contributed by atoms with Gasteiger partial charge in [0.2, 0.25) is 0 Å². The second-order valence-corrected chi connectivity index (χ2v) is 6.47. The Balaban J connectivity index is 2.84. The highest BCUT2D eigenvalue weighted by Crippen LogP contribution is 2.18. The minimum atomic E-state index is -3.28. The van der Waals surface area contributed by atoms with Gasteiger partial charge in [0.05, 0.1) is 16.8 Å². The zero-order valence-corrected chi connectivity index (χ0v) is 11.5. The molecule has 6 heteroatoms. The average Bonchev–Trinajstić information content (AvgIpc) is 2.29. The molecule has 0 aliphatic rings. The third kappa shape index (κ3) is 3.46. The SMILES string of the molecule is CCOC(=O)Nc1ccc(S(=O)(=O)C(C)C)cc1. The van der Waals surface area contributed by atoms with Crippen molar-refractivity contribution in [2.75, 3.05) is 11.9 Å². The quantitative estimate of drug-likeness (QED) is 0.912. The number of ether oxygens (including phenoxy) is 1. The number of hydrogen-bond donors (Lipinski definition) is 1. The molecule has 0 fully saturated rings. The Morgan fingerprint density at radius 2 is 1.83 bits per heavy atom.